The topological polar surface area (TPSA) is 138 Å². The predicted octanol–water partition coefficient (Wildman–Crippen LogP) is 5.01. The highest BCUT2D eigenvalue weighted by molar-refractivity contribution is 6.07. The van der Waals surface area contributed by atoms with Gasteiger partial charge in [-0.05, 0) is 41.9 Å². The first kappa shape index (κ1) is 34.5. The molecule has 4 amide bonds. The summed E-state index contributed by atoms with van der Waals surface area (Å²) in [5, 5.41) is 15.3. The molecule has 3 aromatic rings. The molecule has 1 spiro atoms. The van der Waals surface area contributed by atoms with Gasteiger partial charge in [-0.25, -0.2) is 13.2 Å². The quantitative estimate of drug-likeness (QED) is 0.291. The minimum atomic E-state index is -1.42. The lowest BCUT2D eigenvalue weighted by atomic mass is 9.80. The van der Waals surface area contributed by atoms with Gasteiger partial charge in [-0.3, -0.25) is 19.2 Å². The molecule has 4 atom stereocenters. The Morgan fingerprint density at radius 1 is 1.15 bits per heavy atom. The van der Waals surface area contributed by atoms with E-state index in [4.69, 9.17) is 0 Å². The van der Waals surface area contributed by atoms with Crippen molar-refractivity contribution in [3.05, 3.63) is 65.1 Å². The Labute approximate surface area is 276 Å². The van der Waals surface area contributed by atoms with Gasteiger partial charge in [-0.2, -0.15) is 5.26 Å². The first-order chi connectivity index (χ1) is 22.5. The second kappa shape index (κ2) is 12.6. The van der Waals surface area contributed by atoms with Crippen molar-refractivity contribution in [1.82, 2.24) is 20.1 Å². The second-order valence-corrected chi connectivity index (χ2v) is 14.4. The molecule has 2 aliphatic heterocycles. The van der Waals surface area contributed by atoms with Crippen molar-refractivity contribution in [2.24, 2.45) is 11.3 Å². The van der Waals surface area contributed by atoms with E-state index in [2.05, 4.69) is 21.7 Å². The van der Waals surface area contributed by atoms with Crippen LogP contribution in [-0.4, -0.2) is 70.1 Å². The zero-order valence-electron chi connectivity index (χ0n) is 27.7. The molecule has 1 aromatic heterocycles. The maximum atomic E-state index is 14.4. The van der Waals surface area contributed by atoms with Crippen LogP contribution < -0.4 is 10.6 Å². The van der Waals surface area contributed by atoms with Crippen LogP contribution in [0.15, 0.2) is 36.4 Å². The molecule has 0 saturated carbocycles. The van der Waals surface area contributed by atoms with E-state index in [1.165, 1.54) is 16.8 Å². The fraction of sp³-hybridized carbons (Fsp3) is 0.457. The Morgan fingerprint density at radius 3 is 2.48 bits per heavy atom. The van der Waals surface area contributed by atoms with E-state index in [-0.39, 0.29) is 48.7 Å². The van der Waals surface area contributed by atoms with Crippen LogP contribution in [0.4, 0.5) is 18.9 Å². The molecular formula is C35H39F3N6O4. The van der Waals surface area contributed by atoms with Crippen LogP contribution in [-0.2, 0) is 19.8 Å². The van der Waals surface area contributed by atoms with Crippen molar-refractivity contribution in [3.8, 4) is 6.07 Å². The van der Waals surface area contributed by atoms with E-state index in [1.807, 2.05) is 40.7 Å². The number of likely N-dealkylation sites (N-methyl/N-ethyl adjacent to an activating group) is 1. The molecule has 3 N–H and O–H groups in total. The number of aromatic nitrogens is 1. The number of fused-ring (bicyclic) bond motifs is 3. The number of nitriles is 1. The number of likely N-dealkylation sites (tertiary alicyclic amines) is 1. The molecule has 0 radical (unpaired) electrons. The number of hydrogen-bond donors (Lipinski definition) is 3. The number of amides is 4. The van der Waals surface area contributed by atoms with E-state index in [0.29, 0.717) is 17.3 Å². The number of halogens is 3. The van der Waals surface area contributed by atoms with E-state index in [1.54, 1.807) is 18.2 Å². The summed E-state index contributed by atoms with van der Waals surface area (Å²) < 4.78 is 42.6. The fourth-order valence-electron chi connectivity index (χ4n) is 6.81. The van der Waals surface area contributed by atoms with E-state index >= 15 is 0 Å². The van der Waals surface area contributed by atoms with Crippen LogP contribution in [0.1, 0.15) is 69.9 Å². The Bertz CT molecular complexity index is 1840. The number of H-pyrrole nitrogens is 1. The molecular weight excluding hydrogens is 625 g/mol. The molecule has 48 heavy (non-hydrogen) atoms. The van der Waals surface area contributed by atoms with Crippen LogP contribution in [0, 0.1) is 40.1 Å². The summed E-state index contributed by atoms with van der Waals surface area (Å²) in [4.78, 5) is 60.3. The smallest absolute Gasteiger partial charge is 0.268 e. The van der Waals surface area contributed by atoms with Crippen LogP contribution in [0.5, 0.6) is 0 Å². The minimum absolute atomic E-state index is 0.0419. The Hall–Kier alpha value is -4.86. The molecule has 0 bridgehead atoms. The number of carbonyl (C=O) groups is 4. The summed E-state index contributed by atoms with van der Waals surface area (Å²) >= 11 is 0. The van der Waals surface area contributed by atoms with E-state index in [0.717, 1.165) is 6.07 Å². The highest BCUT2D eigenvalue weighted by Crippen LogP contribution is 2.46. The Morgan fingerprint density at radius 2 is 1.83 bits per heavy atom. The third-order valence-electron chi connectivity index (χ3n) is 9.13. The largest absolute Gasteiger partial charge is 0.348 e. The molecule has 13 heteroatoms. The number of benzene rings is 2. The minimum Gasteiger partial charge on any atom is -0.348 e. The lowest BCUT2D eigenvalue weighted by molar-refractivity contribution is -0.146. The van der Waals surface area contributed by atoms with Crippen molar-refractivity contribution >= 4 is 40.2 Å². The maximum Gasteiger partial charge on any atom is 0.268 e. The summed E-state index contributed by atoms with van der Waals surface area (Å²) in [7, 11) is 1.45. The summed E-state index contributed by atoms with van der Waals surface area (Å²) in [6.45, 7) is 9.31. The van der Waals surface area contributed by atoms with Gasteiger partial charge in [-0.1, -0.05) is 52.8 Å². The average molecular weight is 665 g/mol. The highest BCUT2D eigenvalue weighted by atomic mass is 19.2. The van der Waals surface area contributed by atoms with E-state index < -0.39 is 69.6 Å². The normalized spacial score (nSPS) is 20.1. The molecule has 254 valence electrons. The maximum absolute atomic E-state index is 14.4. The van der Waals surface area contributed by atoms with Gasteiger partial charge >= 0.3 is 0 Å². The summed E-state index contributed by atoms with van der Waals surface area (Å²) in [6, 6.07) is 7.63. The molecule has 2 aromatic carbocycles. The summed E-state index contributed by atoms with van der Waals surface area (Å²) in [5.41, 5.74) is -1.07. The lowest BCUT2D eigenvalue weighted by Gasteiger charge is -2.36. The first-order valence-corrected chi connectivity index (χ1v) is 15.8. The zero-order chi connectivity index (χ0) is 35.3. The summed E-state index contributed by atoms with van der Waals surface area (Å²) in [5.74, 6) is -6.13. The molecule has 0 unspecified atom stereocenters. The number of hydrogen-bond acceptors (Lipinski definition) is 5. The van der Waals surface area contributed by atoms with Gasteiger partial charge in [0.2, 0.25) is 17.7 Å². The summed E-state index contributed by atoms with van der Waals surface area (Å²) in [6.07, 6.45) is 0.461. The number of nitrogens with one attached hydrogen (secondary N) is 3. The van der Waals surface area contributed by atoms with Gasteiger partial charge in [0.25, 0.3) is 5.91 Å². The molecule has 1 saturated heterocycles. The number of para-hydroxylation sites is 1. The number of rotatable bonds is 8. The van der Waals surface area contributed by atoms with Crippen molar-refractivity contribution in [2.45, 2.75) is 77.4 Å². The van der Waals surface area contributed by atoms with Crippen molar-refractivity contribution in [2.75, 3.05) is 18.9 Å². The monoisotopic (exact) mass is 664 g/mol. The van der Waals surface area contributed by atoms with Crippen molar-refractivity contribution in [3.63, 3.8) is 0 Å². The number of anilines is 1. The lowest BCUT2D eigenvalue weighted by Crippen LogP contribution is -2.56. The highest BCUT2D eigenvalue weighted by Gasteiger charge is 2.56. The van der Waals surface area contributed by atoms with Crippen LogP contribution in [0.2, 0.25) is 0 Å². The fourth-order valence-corrected chi connectivity index (χ4v) is 6.81. The molecule has 5 rings (SSSR count). The van der Waals surface area contributed by atoms with Crippen molar-refractivity contribution < 1.29 is 32.3 Å². The van der Waals surface area contributed by atoms with Gasteiger partial charge in [0.1, 0.15) is 29.6 Å². The van der Waals surface area contributed by atoms with Crippen LogP contribution in [0.3, 0.4) is 0 Å². The molecule has 10 nitrogen and oxygen atoms in total. The number of aromatic amines is 1. The number of carbonyl (C=O) groups excluding carboxylic acids is 4. The second-order valence-electron chi connectivity index (χ2n) is 14.4. The third-order valence-corrected chi connectivity index (χ3v) is 9.13. The van der Waals surface area contributed by atoms with E-state index in [9.17, 15) is 37.6 Å². The zero-order valence-corrected chi connectivity index (χ0v) is 27.7. The Balaban J connectivity index is 1.43. The van der Waals surface area contributed by atoms with Crippen LogP contribution >= 0.6 is 0 Å². The van der Waals surface area contributed by atoms with Crippen molar-refractivity contribution in [1.29, 1.82) is 5.26 Å². The molecule has 1 fully saturated rings. The van der Waals surface area contributed by atoms with Crippen LogP contribution in [0.25, 0.3) is 10.9 Å². The standard InChI is InChI=1S/C35H39F3N6O4/c1-18(2)11-27(32(47)44-17-35(14-19(44)16-39)21-9-7-8-10-24(21)42-33(35)48)43(6)31(46)26(15-34(3,4)5)41-30(45)25-12-20-22(36)13-23(37)28(38)29(20)40-25/h7-10,12-13,18-19,26-27,40H,11,14-15,17H2,1-6H3,(H,41,45)(H,42,48)/t19-,26-,27-,35-/m0/s1. The molecule has 3 heterocycles. The average Bonchev–Trinajstić information content (AvgIpc) is 3.71. The SMILES string of the molecule is CC(C)C[C@@H](C(=O)N1C[C@]2(C[C@H]1C#N)C(=O)Nc1ccccc12)N(C)C(=O)[C@H](CC(C)(C)C)NC(=O)c1cc2c(F)cc(F)c(F)c2[nH]1. The number of nitrogens with zero attached hydrogens (tertiary/aromatic N) is 3. The third kappa shape index (κ3) is 6.23. The predicted molar refractivity (Wildman–Crippen MR) is 172 cm³/mol. The first-order valence-electron chi connectivity index (χ1n) is 15.8. The Kier molecular flexibility index (Phi) is 9.07. The van der Waals surface area contributed by atoms with Gasteiger partial charge in [0.05, 0.1) is 17.0 Å². The molecule has 2 aliphatic rings. The van der Waals surface area contributed by atoms with Gasteiger partial charge in [0.15, 0.2) is 11.6 Å². The van der Waals surface area contributed by atoms with Gasteiger partial charge in [0, 0.05) is 37.2 Å². The van der Waals surface area contributed by atoms with Gasteiger partial charge in [-0.15, -0.1) is 0 Å². The molecule has 0 aliphatic carbocycles. The van der Waals surface area contributed by atoms with Gasteiger partial charge < -0.3 is 25.4 Å².